The Kier molecular flexibility index (Phi) is 7.63. The fraction of sp³-hybridized carbons (Fsp3) is 0.579. The second-order valence-corrected chi connectivity index (χ2v) is 7.71. The first kappa shape index (κ1) is 18.8. The highest BCUT2D eigenvalue weighted by Crippen LogP contribution is 2.29. The number of esters is 1. The first-order valence-electron chi connectivity index (χ1n) is 8.73. The van der Waals surface area contributed by atoms with Crippen LogP contribution in [0.2, 0.25) is 0 Å². The molecule has 1 fully saturated rings. The van der Waals surface area contributed by atoms with Crippen molar-refractivity contribution >= 4 is 23.6 Å². The minimum Gasteiger partial charge on any atom is -0.468 e. The molecule has 0 radical (unpaired) electrons. The fourth-order valence-corrected chi connectivity index (χ4v) is 4.17. The Bertz CT molecular complexity index is 555. The number of benzene rings is 1. The maximum Gasteiger partial charge on any atom is 0.318 e. The molecular weight excluding hydrogens is 322 g/mol. The van der Waals surface area contributed by atoms with Gasteiger partial charge in [0.15, 0.2) is 0 Å². The van der Waals surface area contributed by atoms with Gasteiger partial charge in [0, 0.05) is 11.4 Å². The van der Waals surface area contributed by atoms with E-state index in [1.165, 1.54) is 51.0 Å². The molecule has 0 aliphatic heterocycles. The molecule has 1 N–H and O–H groups in total. The third-order valence-corrected chi connectivity index (χ3v) is 5.67. The van der Waals surface area contributed by atoms with Crippen LogP contribution in [0, 0.1) is 5.92 Å². The van der Waals surface area contributed by atoms with Gasteiger partial charge in [-0.3, -0.25) is 9.59 Å². The number of ether oxygens (including phenoxy) is 1. The SMILES string of the molecule is COC(=O)C(C)Sc1ccccc1C(=O)NCCCC1CCCC1. The summed E-state index contributed by atoms with van der Waals surface area (Å²) in [7, 11) is 1.38. The van der Waals surface area contributed by atoms with Crippen molar-refractivity contribution in [2.24, 2.45) is 5.92 Å². The molecule has 1 atom stereocenters. The lowest BCUT2D eigenvalue weighted by molar-refractivity contribution is -0.139. The maximum atomic E-state index is 12.4. The Morgan fingerprint density at radius 2 is 2.00 bits per heavy atom. The lowest BCUT2D eigenvalue weighted by Crippen LogP contribution is -2.25. The molecule has 1 saturated carbocycles. The molecule has 0 aromatic heterocycles. The molecular formula is C19H27NO3S. The summed E-state index contributed by atoms with van der Waals surface area (Å²) in [5, 5.41) is 2.67. The molecule has 1 aliphatic carbocycles. The van der Waals surface area contributed by atoms with Crippen molar-refractivity contribution in [3.63, 3.8) is 0 Å². The minimum absolute atomic E-state index is 0.0680. The monoisotopic (exact) mass is 349 g/mol. The van der Waals surface area contributed by atoms with Crippen LogP contribution in [-0.2, 0) is 9.53 Å². The zero-order valence-corrected chi connectivity index (χ0v) is 15.4. The van der Waals surface area contributed by atoms with E-state index < -0.39 is 0 Å². The number of nitrogens with one attached hydrogen (secondary N) is 1. The van der Waals surface area contributed by atoms with Crippen LogP contribution in [0.15, 0.2) is 29.2 Å². The molecule has 0 saturated heterocycles. The summed E-state index contributed by atoms with van der Waals surface area (Å²) in [6.07, 6.45) is 7.65. The number of amides is 1. The van der Waals surface area contributed by atoms with E-state index in [0.717, 1.165) is 17.2 Å². The van der Waals surface area contributed by atoms with Gasteiger partial charge in [0.1, 0.15) is 5.25 Å². The number of methoxy groups -OCH3 is 1. The first-order chi connectivity index (χ1) is 11.6. The average molecular weight is 349 g/mol. The fourth-order valence-electron chi connectivity index (χ4n) is 3.15. The Hall–Kier alpha value is -1.49. The van der Waals surface area contributed by atoms with Gasteiger partial charge in [-0.05, 0) is 37.8 Å². The number of rotatable bonds is 8. The van der Waals surface area contributed by atoms with Crippen LogP contribution in [0.4, 0.5) is 0 Å². The Morgan fingerprint density at radius 3 is 2.71 bits per heavy atom. The van der Waals surface area contributed by atoms with Crippen molar-refractivity contribution in [1.82, 2.24) is 5.32 Å². The molecule has 132 valence electrons. The predicted octanol–water partition coefficient (Wildman–Crippen LogP) is 4.04. The largest absolute Gasteiger partial charge is 0.468 e. The van der Waals surface area contributed by atoms with Gasteiger partial charge in [-0.1, -0.05) is 37.8 Å². The summed E-state index contributed by atoms with van der Waals surface area (Å²) < 4.78 is 4.75. The van der Waals surface area contributed by atoms with E-state index in [4.69, 9.17) is 4.74 Å². The van der Waals surface area contributed by atoms with Crippen LogP contribution in [0.25, 0.3) is 0 Å². The van der Waals surface area contributed by atoms with Crippen LogP contribution in [-0.4, -0.2) is 30.8 Å². The highest BCUT2D eigenvalue weighted by molar-refractivity contribution is 8.00. The summed E-state index contributed by atoms with van der Waals surface area (Å²) in [5.74, 6) is 0.499. The quantitative estimate of drug-likeness (QED) is 0.437. The van der Waals surface area contributed by atoms with Crippen molar-refractivity contribution in [2.75, 3.05) is 13.7 Å². The average Bonchev–Trinajstić information content (AvgIpc) is 3.11. The molecule has 0 bridgehead atoms. The predicted molar refractivity (Wildman–Crippen MR) is 97.3 cm³/mol. The maximum absolute atomic E-state index is 12.4. The number of thioether (sulfide) groups is 1. The first-order valence-corrected chi connectivity index (χ1v) is 9.61. The zero-order chi connectivity index (χ0) is 17.4. The van der Waals surface area contributed by atoms with Crippen LogP contribution in [0.3, 0.4) is 0 Å². The highest BCUT2D eigenvalue weighted by atomic mass is 32.2. The van der Waals surface area contributed by atoms with Crippen molar-refractivity contribution in [2.45, 2.75) is 55.6 Å². The van der Waals surface area contributed by atoms with Crippen LogP contribution in [0.1, 0.15) is 55.8 Å². The normalized spacial score (nSPS) is 15.9. The van der Waals surface area contributed by atoms with Crippen molar-refractivity contribution < 1.29 is 14.3 Å². The molecule has 1 aliphatic rings. The van der Waals surface area contributed by atoms with E-state index in [-0.39, 0.29) is 17.1 Å². The number of hydrogen-bond acceptors (Lipinski definition) is 4. The smallest absolute Gasteiger partial charge is 0.318 e. The van der Waals surface area contributed by atoms with Crippen molar-refractivity contribution in [1.29, 1.82) is 0 Å². The van der Waals surface area contributed by atoms with E-state index in [1.807, 2.05) is 18.2 Å². The highest BCUT2D eigenvalue weighted by Gasteiger charge is 2.19. The number of carbonyl (C=O) groups excluding carboxylic acids is 2. The van der Waals surface area contributed by atoms with Crippen LogP contribution in [0.5, 0.6) is 0 Å². The van der Waals surface area contributed by atoms with Gasteiger partial charge in [0.2, 0.25) is 0 Å². The molecule has 5 heteroatoms. The lowest BCUT2D eigenvalue weighted by atomic mass is 10.0. The van der Waals surface area contributed by atoms with Gasteiger partial charge < -0.3 is 10.1 Å². The Balaban J connectivity index is 1.85. The van der Waals surface area contributed by atoms with Gasteiger partial charge in [-0.25, -0.2) is 0 Å². The summed E-state index contributed by atoms with van der Waals surface area (Å²) >= 11 is 1.36. The third-order valence-electron chi connectivity index (χ3n) is 4.52. The zero-order valence-electron chi connectivity index (χ0n) is 14.5. The molecule has 1 aromatic carbocycles. The van der Waals surface area contributed by atoms with Gasteiger partial charge in [0.25, 0.3) is 5.91 Å². The van der Waals surface area contributed by atoms with E-state index in [0.29, 0.717) is 12.1 Å². The summed E-state index contributed by atoms with van der Waals surface area (Å²) in [6.45, 7) is 2.49. The third kappa shape index (κ3) is 5.55. The molecule has 4 nitrogen and oxygen atoms in total. The Morgan fingerprint density at radius 1 is 1.29 bits per heavy atom. The molecule has 2 rings (SSSR count). The van der Waals surface area contributed by atoms with Crippen molar-refractivity contribution in [3.05, 3.63) is 29.8 Å². The molecule has 0 heterocycles. The second-order valence-electron chi connectivity index (χ2n) is 6.33. The molecule has 1 aromatic rings. The van der Waals surface area contributed by atoms with E-state index >= 15 is 0 Å². The van der Waals surface area contributed by atoms with E-state index in [2.05, 4.69) is 5.32 Å². The number of carbonyl (C=O) groups is 2. The van der Waals surface area contributed by atoms with Gasteiger partial charge in [-0.2, -0.15) is 0 Å². The molecule has 0 spiro atoms. The molecule has 24 heavy (non-hydrogen) atoms. The van der Waals surface area contributed by atoms with E-state index in [9.17, 15) is 9.59 Å². The summed E-state index contributed by atoms with van der Waals surface area (Å²) in [4.78, 5) is 24.8. The second kappa shape index (κ2) is 9.72. The molecule has 1 unspecified atom stereocenters. The summed E-state index contributed by atoms with van der Waals surface area (Å²) in [5.41, 5.74) is 0.624. The van der Waals surface area contributed by atoms with Gasteiger partial charge in [0.05, 0.1) is 12.7 Å². The standard InChI is InChI=1S/C19H27NO3S/c1-14(19(22)23-2)24-17-12-6-5-11-16(17)18(21)20-13-7-10-15-8-3-4-9-15/h5-6,11-12,14-15H,3-4,7-10,13H2,1-2H3,(H,20,21). The van der Waals surface area contributed by atoms with E-state index in [1.54, 1.807) is 13.0 Å². The van der Waals surface area contributed by atoms with Crippen LogP contribution >= 0.6 is 11.8 Å². The van der Waals surface area contributed by atoms with Crippen molar-refractivity contribution in [3.8, 4) is 0 Å². The number of hydrogen-bond donors (Lipinski definition) is 1. The topological polar surface area (TPSA) is 55.4 Å². The minimum atomic E-state index is -0.341. The Labute approximate surface area is 148 Å². The van der Waals surface area contributed by atoms with Gasteiger partial charge >= 0.3 is 5.97 Å². The van der Waals surface area contributed by atoms with Crippen LogP contribution < -0.4 is 5.32 Å². The van der Waals surface area contributed by atoms with Gasteiger partial charge in [-0.15, -0.1) is 11.8 Å². The lowest BCUT2D eigenvalue weighted by Gasteiger charge is -2.13. The summed E-state index contributed by atoms with van der Waals surface area (Å²) in [6, 6.07) is 7.40. The molecule has 1 amide bonds.